The number of hydrogen-bond donors (Lipinski definition) is 2. The fourth-order valence-corrected chi connectivity index (χ4v) is 3.27. The molecule has 0 spiro atoms. The summed E-state index contributed by atoms with van der Waals surface area (Å²) in [6.07, 6.45) is 3.03. The average molecular weight is 424 g/mol. The Bertz CT molecular complexity index is 1200. The third-order valence-corrected chi connectivity index (χ3v) is 4.52. The third-order valence-electron chi connectivity index (χ3n) is 4.03. The van der Waals surface area contributed by atoms with E-state index in [9.17, 15) is 9.59 Å². The van der Waals surface area contributed by atoms with E-state index in [0.29, 0.717) is 22.4 Å². The summed E-state index contributed by atoms with van der Waals surface area (Å²) >= 11 is 3.41. The van der Waals surface area contributed by atoms with Gasteiger partial charge in [-0.1, -0.05) is 40.2 Å². The Hall–Kier alpha value is -3.26. The van der Waals surface area contributed by atoms with E-state index in [2.05, 4.69) is 36.3 Å². The van der Waals surface area contributed by atoms with Crippen molar-refractivity contribution in [1.82, 2.24) is 19.7 Å². The molecule has 0 atom stereocenters. The summed E-state index contributed by atoms with van der Waals surface area (Å²) in [5.74, 6) is -0.150. The van der Waals surface area contributed by atoms with Crippen LogP contribution in [0.2, 0.25) is 0 Å². The first-order valence-corrected chi connectivity index (χ1v) is 8.96. The number of carbonyl (C=O) groups is 1. The topological polar surface area (TPSA) is 92.7 Å². The van der Waals surface area contributed by atoms with Gasteiger partial charge in [-0.05, 0) is 29.8 Å². The highest BCUT2D eigenvalue weighted by atomic mass is 79.9. The number of aromatic amines is 1. The van der Waals surface area contributed by atoms with Crippen LogP contribution in [-0.4, -0.2) is 25.7 Å². The molecule has 134 valence electrons. The average Bonchev–Trinajstić information content (AvgIpc) is 3.07. The summed E-state index contributed by atoms with van der Waals surface area (Å²) in [4.78, 5) is 31.1. The van der Waals surface area contributed by atoms with Crippen LogP contribution in [0.4, 0.5) is 5.69 Å². The van der Waals surface area contributed by atoms with E-state index in [0.717, 1.165) is 10.0 Å². The smallest absolute Gasteiger partial charge is 0.261 e. The zero-order chi connectivity index (χ0) is 18.8. The molecule has 1 amide bonds. The first kappa shape index (κ1) is 17.2. The summed E-state index contributed by atoms with van der Waals surface area (Å²) in [7, 11) is 0. The van der Waals surface area contributed by atoms with Crippen LogP contribution in [0.25, 0.3) is 16.7 Å². The lowest BCUT2D eigenvalue weighted by molar-refractivity contribution is -0.115. The lowest BCUT2D eigenvalue weighted by atomic mass is 10.1. The number of hydrogen-bond acceptors (Lipinski definition) is 4. The van der Waals surface area contributed by atoms with E-state index in [-0.39, 0.29) is 17.9 Å². The summed E-state index contributed by atoms with van der Waals surface area (Å²) in [5.41, 5.74) is 2.28. The zero-order valence-corrected chi connectivity index (χ0v) is 15.6. The minimum absolute atomic E-state index is 0.150. The van der Waals surface area contributed by atoms with Crippen molar-refractivity contribution in [3.05, 3.63) is 81.4 Å². The van der Waals surface area contributed by atoms with Crippen molar-refractivity contribution in [1.29, 1.82) is 0 Å². The van der Waals surface area contributed by atoms with Crippen LogP contribution in [0.1, 0.15) is 5.56 Å². The number of aromatic nitrogens is 4. The van der Waals surface area contributed by atoms with Gasteiger partial charge in [0.2, 0.25) is 5.91 Å². The fraction of sp³-hybridized carbons (Fsp3) is 0.0526. The van der Waals surface area contributed by atoms with E-state index < -0.39 is 0 Å². The molecule has 2 aromatic carbocycles. The fourth-order valence-electron chi connectivity index (χ4n) is 2.82. The molecular formula is C19H14BrN5O2. The van der Waals surface area contributed by atoms with Gasteiger partial charge in [-0.15, -0.1) is 0 Å². The highest BCUT2D eigenvalue weighted by Crippen LogP contribution is 2.22. The molecule has 0 aliphatic carbocycles. The van der Waals surface area contributed by atoms with Gasteiger partial charge in [0.15, 0.2) is 5.65 Å². The van der Waals surface area contributed by atoms with Gasteiger partial charge < -0.3 is 10.3 Å². The van der Waals surface area contributed by atoms with Crippen LogP contribution in [0.5, 0.6) is 0 Å². The Balaban J connectivity index is 1.66. The second-order valence-corrected chi connectivity index (χ2v) is 6.81. The van der Waals surface area contributed by atoms with Gasteiger partial charge in [-0.3, -0.25) is 9.59 Å². The predicted octanol–water partition coefficient (Wildman–Crippen LogP) is 3.05. The SMILES string of the molecule is O=C(Cc1cccc(Br)c1)Nc1ccccc1-n1ncc2c(=O)[nH]cnc21. The molecule has 0 bridgehead atoms. The molecular weight excluding hydrogens is 410 g/mol. The van der Waals surface area contributed by atoms with Crippen molar-refractivity contribution in [2.75, 3.05) is 5.32 Å². The molecule has 0 fully saturated rings. The number of para-hydroxylation sites is 2. The maximum Gasteiger partial charge on any atom is 0.261 e. The minimum Gasteiger partial charge on any atom is -0.324 e. The molecule has 7 nitrogen and oxygen atoms in total. The molecule has 0 aliphatic heterocycles. The molecule has 2 N–H and O–H groups in total. The van der Waals surface area contributed by atoms with Gasteiger partial charge in [-0.2, -0.15) is 5.10 Å². The Morgan fingerprint density at radius 3 is 2.89 bits per heavy atom. The molecule has 4 aromatic rings. The summed E-state index contributed by atoms with van der Waals surface area (Å²) in [5, 5.41) is 7.57. The number of anilines is 1. The number of benzene rings is 2. The summed E-state index contributed by atoms with van der Waals surface area (Å²) in [6, 6.07) is 14.9. The molecule has 2 aromatic heterocycles. The highest BCUT2D eigenvalue weighted by Gasteiger charge is 2.14. The Morgan fingerprint density at radius 1 is 1.19 bits per heavy atom. The van der Waals surface area contributed by atoms with Crippen LogP contribution in [-0.2, 0) is 11.2 Å². The largest absolute Gasteiger partial charge is 0.324 e. The summed E-state index contributed by atoms with van der Waals surface area (Å²) in [6.45, 7) is 0. The Morgan fingerprint density at radius 2 is 2.04 bits per heavy atom. The van der Waals surface area contributed by atoms with Gasteiger partial charge in [0.1, 0.15) is 5.39 Å². The number of nitrogens with one attached hydrogen (secondary N) is 2. The Labute approximate surface area is 162 Å². The third kappa shape index (κ3) is 3.52. The van der Waals surface area contributed by atoms with Gasteiger partial charge in [0, 0.05) is 4.47 Å². The van der Waals surface area contributed by atoms with Gasteiger partial charge in [-0.25, -0.2) is 9.67 Å². The number of nitrogens with zero attached hydrogens (tertiary/aromatic N) is 3. The second-order valence-electron chi connectivity index (χ2n) is 5.90. The van der Waals surface area contributed by atoms with E-state index >= 15 is 0 Å². The molecule has 0 aliphatic rings. The number of rotatable bonds is 4. The van der Waals surface area contributed by atoms with Gasteiger partial charge >= 0.3 is 0 Å². The zero-order valence-electron chi connectivity index (χ0n) is 14.0. The first-order valence-electron chi connectivity index (χ1n) is 8.17. The lowest BCUT2D eigenvalue weighted by Gasteiger charge is -2.11. The summed E-state index contributed by atoms with van der Waals surface area (Å²) < 4.78 is 2.46. The standard InChI is InChI=1S/C19H14BrN5O2/c20-13-5-3-4-12(8-13)9-17(26)24-15-6-1-2-7-16(15)25-18-14(10-23-25)19(27)22-11-21-18/h1-8,10-11H,9H2,(H,24,26)(H,21,22,27). The van der Waals surface area contributed by atoms with Crippen LogP contribution in [0.3, 0.4) is 0 Å². The monoisotopic (exact) mass is 423 g/mol. The molecule has 0 saturated heterocycles. The number of halogens is 1. The maximum atomic E-state index is 12.5. The van der Waals surface area contributed by atoms with Crippen LogP contribution < -0.4 is 10.9 Å². The molecule has 0 saturated carbocycles. The molecule has 27 heavy (non-hydrogen) atoms. The van der Waals surface area contributed by atoms with Crippen LogP contribution in [0.15, 0.2) is 70.3 Å². The predicted molar refractivity (Wildman–Crippen MR) is 106 cm³/mol. The normalized spacial score (nSPS) is 10.9. The minimum atomic E-state index is -0.262. The van der Waals surface area contributed by atoms with Crippen molar-refractivity contribution in [3.8, 4) is 5.69 Å². The van der Waals surface area contributed by atoms with Gasteiger partial charge in [0.05, 0.1) is 30.3 Å². The van der Waals surface area contributed by atoms with E-state index in [4.69, 9.17) is 0 Å². The van der Waals surface area contributed by atoms with Crippen molar-refractivity contribution < 1.29 is 4.79 Å². The number of carbonyl (C=O) groups excluding carboxylic acids is 1. The van der Waals surface area contributed by atoms with Gasteiger partial charge in [0.25, 0.3) is 5.56 Å². The number of fused-ring (bicyclic) bond motifs is 1. The van der Waals surface area contributed by atoms with E-state index in [1.54, 1.807) is 10.7 Å². The highest BCUT2D eigenvalue weighted by molar-refractivity contribution is 9.10. The van der Waals surface area contributed by atoms with Crippen molar-refractivity contribution in [3.63, 3.8) is 0 Å². The quantitative estimate of drug-likeness (QED) is 0.527. The van der Waals surface area contributed by atoms with E-state index in [1.165, 1.54) is 12.5 Å². The first-order chi connectivity index (χ1) is 13.1. The molecule has 0 unspecified atom stereocenters. The van der Waals surface area contributed by atoms with Crippen molar-refractivity contribution >= 4 is 38.6 Å². The molecule has 4 rings (SSSR count). The number of H-pyrrole nitrogens is 1. The van der Waals surface area contributed by atoms with Crippen molar-refractivity contribution in [2.24, 2.45) is 0 Å². The second kappa shape index (κ2) is 7.16. The van der Waals surface area contributed by atoms with Crippen LogP contribution in [0, 0.1) is 0 Å². The molecule has 0 radical (unpaired) electrons. The van der Waals surface area contributed by atoms with Crippen LogP contribution >= 0.6 is 15.9 Å². The van der Waals surface area contributed by atoms with Crippen molar-refractivity contribution in [2.45, 2.75) is 6.42 Å². The van der Waals surface area contributed by atoms with E-state index in [1.807, 2.05) is 42.5 Å². The molecule has 8 heteroatoms. The Kier molecular flexibility index (Phi) is 4.55. The molecule has 2 heterocycles. The number of amides is 1. The maximum absolute atomic E-state index is 12.5. The lowest BCUT2D eigenvalue weighted by Crippen LogP contribution is -2.16.